The second-order valence-corrected chi connectivity index (χ2v) is 5.69. The lowest BCUT2D eigenvalue weighted by Gasteiger charge is -2.20. The van der Waals surface area contributed by atoms with Gasteiger partial charge in [0.15, 0.2) is 0 Å². The van der Waals surface area contributed by atoms with Crippen molar-refractivity contribution in [2.75, 3.05) is 0 Å². The number of halogens is 1. The van der Waals surface area contributed by atoms with Gasteiger partial charge in [-0.05, 0) is 43.5 Å². The van der Waals surface area contributed by atoms with Gasteiger partial charge in [0.05, 0.1) is 12.0 Å². The molecule has 0 spiro atoms. The average molecular weight is 287 g/mol. The predicted octanol–water partition coefficient (Wildman–Crippen LogP) is 2.26. The van der Waals surface area contributed by atoms with Crippen LogP contribution < -0.4 is 5.32 Å². The third kappa shape index (κ3) is 2.82. The van der Waals surface area contributed by atoms with Gasteiger partial charge in [0.25, 0.3) is 0 Å². The first-order valence-corrected chi connectivity index (χ1v) is 7.15. The van der Waals surface area contributed by atoms with E-state index in [0.717, 1.165) is 18.4 Å². The fourth-order valence-corrected chi connectivity index (χ4v) is 2.64. The second-order valence-electron chi connectivity index (χ2n) is 5.69. The van der Waals surface area contributed by atoms with Gasteiger partial charge in [-0.2, -0.15) is 5.10 Å². The Bertz CT molecular complexity index is 617. The number of carbonyl (C=O) groups is 1. The largest absolute Gasteiger partial charge is 0.351 e. The minimum absolute atomic E-state index is 0.00433. The molecule has 21 heavy (non-hydrogen) atoms. The maximum absolute atomic E-state index is 13.0. The van der Waals surface area contributed by atoms with Gasteiger partial charge in [0, 0.05) is 18.4 Å². The number of hydrogen-bond acceptors (Lipinski definition) is 2. The molecule has 1 atom stereocenters. The molecule has 1 unspecified atom stereocenters. The molecule has 0 bridgehead atoms. The van der Waals surface area contributed by atoms with Gasteiger partial charge in [-0.15, -0.1) is 0 Å². The zero-order valence-corrected chi connectivity index (χ0v) is 11.9. The summed E-state index contributed by atoms with van der Waals surface area (Å²) in [5.41, 5.74) is 0.430. The molecule has 2 aromatic rings. The van der Waals surface area contributed by atoms with Crippen molar-refractivity contribution in [2.24, 2.45) is 0 Å². The highest BCUT2D eigenvalue weighted by Crippen LogP contribution is 2.48. The lowest BCUT2D eigenvalue weighted by atomic mass is 9.94. The van der Waals surface area contributed by atoms with Crippen LogP contribution in [0.15, 0.2) is 42.7 Å². The van der Waals surface area contributed by atoms with Gasteiger partial charge in [-0.25, -0.2) is 4.39 Å². The van der Waals surface area contributed by atoms with Gasteiger partial charge in [-0.1, -0.05) is 12.1 Å². The van der Waals surface area contributed by atoms with Gasteiger partial charge in [0.1, 0.15) is 5.82 Å². The van der Waals surface area contributed by atoms with Crippen LogP contribution in [0.4, 0.5) is 4.39 Å². The molecule has 0 saturated heterocycles. The summed E-state index contributed by atoms with van der Waals surface area (Å²) in [6.45, 7) is 2.60. The molecule has 1 aliphatic carbocycles. The van der Waals surface area contributed by atoms with Crippen LogP contribution in [0.3, 0.4) is 0 Å². The van der Waals surface area contributed by atoms with Gasteiger partial charge >= 0.3 is 0 Å². The van der Waals surface area contributed by atoms with Crippen LogP contribution in [0, 0.1) is 5.82 Å². The summed E-state index contributed by atoms with van der Waals surface area (Å²) in [4.78, 5) is 12.5. The number of carbonyl (C=O) groups excluding carboxylic acids is 1. The average Bonchev–Trinajstić information content (AvgIpc) is 3.12. The van der Waals surface area contributed by atoms with Crippen molar-refractivity contribution < 1.29 is 9.18 Å². The minimum Gasteiger partial charge on any atom is -0.351 e. The predicted molar refractivity (Wildman–Crippen MR) is 77.1 cm³/mol. The summed E-state index contributed by atoms with van der Waals surface area (Å²) < 4.78 is 14.8. The molecular formula is C16H18FN3O. The highest BCUT2D eigenvalue weighted by atomic mass is 19.1. The van der Waals surface area contributed by atoms with Gasteiger partial charge in [-0.3, -0.25) is 9.48 Å². The molecule has 110 valence electrons. The first-order chi connectivity index (χ1) is 10.1. The number of benzene rings is 1. The third-order valence-electron chi connectivity index (χ3n) is 3.98. The summed E-state index contributed by atoms with van der Waals surface area (Å²) in [6, 6.07) is 8.09. The number of aromatic nitrogens is 2. The minimum atomic E-state index is -0.466. The molecule has 1 amide bonds. The van der Waals surface area contributed by atoms with Crippen LogP contribution in [0.2, 0.25) is 0 Å². The Morgan fingerprint density at radius 2 is 2.14 bits per heavy atom. The van der Waals surface area contributed by atoms with Gasteiger partial charge < -0.3 is 5.32 Å². The lowest BCUT2D eigenvalue weighted by molar-refractivity contribution is -0.124. The molecule has 0 aliphatic heterocycles. The molecule has 0 radical (unpaired) electrons. The van der Waals surface area contributed by atoms with E-state index in [-0.39, 0.29) is 17.8 Å². The number of rotatable bonds is 5. The van der Waals surface area contributed by atoms with E-state index < -0.39 is 5.41 Å². The summed E-state index contributed by atoms with van der Waals surface area (Å²) in [7, 11) is 0. The van der Waals surface area contributed by atoms with Crippen molar-refractivity contribution in [3.63, 3.8) is 0 Å². The van der Waals surface area contributed by atoms with Crippen molar-refractivity contribution in [1.29, 1.82) is 0 Å². The van der Waals surface area contributed by atoms with E-state index in [1.807, 2.05) is 19.2 Å². The zero-order valence-electron chi connectivity index (χ0n) is 11.9. The Morgan fingerprint density at radius 1 is 1.43 bits per heavy atom. The number of hydrogen-bond donors (Lipinski definition) is 1. The second kappa shape index (κ2) is 5.31. The number of amides is 1. The third-order valence-corrected chi connectivity index (χ3v) is 3.98. The molecule has 1 aliphatic rings. The topological polar surface area (TPSA) is 46.9 Å². The van der Waals surface area contributed by atoms with Gasteiger partial charge in [0.2, 0.25) is 5.91 Å². The zero-order chi connectivity index (χ0) is 14.9. The highest BCUT2D eigenvalue weighted by molar-refractivity contribution is 5.91. The Kier molecular flexibility index (Phi) is 3.49. The Morgan fingerprint density at radius 3 is 2.71 bits per heavy atom. The molecule has 1 fully saturated rings. The molecule has 1 aromatic heterocycles. The number of nitrogens with zero attached hydrogens (tertiary/aromatic N) is 2. The van der Waals surface area contributed by atoms with E-state index in [4.69, 9.17) is 0 Å². The van der Waals surface area contributed by atoms with Crippen molar-refractivity contribution in [3.05, 3.63) is 54.1 Å². The molecule has 3 rings (SSSR count). The summed E-state index contributed by atoms with van der Waals surface area (Å²) in [6.07, 6.45) is 5.23. The quantitative estimate of drug-likeness (QED) is 0.917. The highest BCUT2D eigenvalue weighted by Gasteiger charge is 2.51. The summed E-state index contributed by atoms with van der Waals surface area (Å²) in [5, 5.41) is 7.17. The SMILES string of the molecule is CC(Cn1cccn1)NC(=O)C1(c2ccc(F)cc2)CC1. The van der Waals surface area contributed by atoms with Crippen molar-refractivity contribution in [1.82, 2.24) is 15.1 Å². The molecular weight excluding hydrogens is 269 g/mol. The van der Waals surface area contributed by atoms with Crippen molar-refractivity contribution >= 4 is 5.91 Å². The molecule has 5 heteroatoms. The van der Waals surface area contributed by atoms with E-state index in [1.165, 1.54) is 12.1 Å². The Labute approximate surface area is 123 Å². The first-order valence-electron chi connectivity index (χ1n) is 7.15. The Hall–Kier alpha value is -2.17. The van der Waals surface area contributed by atoms with Crippen molar-refractivity contribution in [2.45, 2.75) is 37.8 Å². The Balaban J connectivity index is 1.66. The normalized spacial score (nSPS) is 17.2. The molecule has 4 nitrogen and oxygen atoms in total. The van der Waals surface area contributed by atoms with E-state index in [9.17, 15) is 9.18 Å². The fraction of sp³-hybridized carbons (Fsp3) is 0.375. The lowest BCUT2D eigenvalue weighted by Crippen LogP contribution is -2.42. The van der Waals surface area contributed by atoms with E-state index in [2.05, 4.69) is 10.4 Å². The molecule has 1 saturated carbocycles. The standard InChI is InChI=1S/C16H18FN3O/c1-12(11-20-10-2-9-18-20)19-15(21)16(7-8-16)13-3-5-14(17)6-4-13/h2-6,9-10,12H,7-8,11H2,1H3,(H,19,21). The molecule has 1 heterocycles. The van der Waals surface area contributed by atoms with Crippen LogP contribution in [-0.4, -0.2) is 21.7 Å². The van der Waals surface area contributed by atoms with Crippen LogP contribution >= 0.6 is 0 Å². The smallest absolute Gasteiger partial charge is 0.230 e. The molecule has 1 aromatic carbocycles. The van der Waals surface area contributed by atoms with E-state index >= 15 is 0 Å². The van der Waals surface area contributed by atoms with E-state index in [1.54, 1.807) is 23.0 Å². The molecule has 1 N–H and O–H groups in total. The van der Waals surface area contributed by atoms with Crippen LogP contribution in [0.1, 0.15) is 25.3 Å². The first kappa shape index (κ1) is 13.8. The maximum Gasteiger partial charge on any atom is 0.230 e. The maximum atomic E-state index is 13.0. The van der Waals surface area contributed by atoms with E-state index in [0.29, 0.717) is 6.54 Å². The van der Waals surface area contributed by atoms with Crippen LogP contribution in [0.25, 0.3) is 0 Å². The summed E-state index contributed by atoms with van der Waals surface area (Å²) >= 11 is 0. The van der Waals surface area contributed by atoms with Crippen LogP contribution in [0.5, 0.6) is 0 Å². The van der Waals surface area contributed by atoms with Crippen LogP contribution in [-0.2, 0) is 16.8 Å². The van der Waals surface area contributed by atoms with Crippen molar-refractivity contribution in [3.8, 4) is 0 Å². The fourth-order valence-electron chi connectivity index (χ4n) is 2.64. The monoisotopic (exact) mass is 287 g/mol. The number of nitrogens with one attached hydrogen (secondary N) is 1. The summed E-state index contributed by atoms with van der Waals surface area (Å²) in [5.74, 6) is -0.254.